The van der Waals surface area contributed by atoms with Crippen molar-refractivity contribution in [1.82, 2.24) is 15.6 Å². The van der Waals surface area contributed by atoms with Gasteiger partial charge in [-0.25, -0.2) is 4.98 Å². The molecule has 0 amide bonds. The minimum absolute atomic E-state index is 0. The maximum absolute atomic E-state index is 5.84. The van der Waals surface area contributed by atoms with Crippen molar-refractivity contribution in [1.29, 1.82) is 0 Å². The van der Waals surface area contributed by atoms with Crippen molar-refractivity contribution >= 4 is 51.5 Å². The molecule has 7 heteroatoms. The highest BCUT2D eigenvalue weighted by atomic mass is 127. The topological polar surface area (TPSA) is 62.5 Å². The Kier molecular flexibility index (Phi) is 5.78. The van der Waals surface area contributed by atoms with E-state index in [0.717, 1.165) is 28.0 Å². The van der Waals surface area contributed by atoms with Crippen molar-refractivity contribution in [2.45, 2.75) is 6.54 Å². The van der Waals surface area contributed by atoms with E-state index in [2.05, 4.69) is 26.7 Å². The molecular formula is C15H17IN4OS. The number of hydrogen-bond acceptors (Lipinski definition) is 4. The number of aromatic nitrogens is 1. The summed E-state index contributed by atoms with van der Waals surface area (Å²) in [5.74, 6) is 2.38. The number of nitrogens with one attached hydrogen (secondary N) is 2. The first-order chi connectivity index (χ1) is 10.3. The van der Waals surface area contributed by atoms with E-state index in [9.17, 15) is 0 Å². The number of para-hydroxylation sites is 1. The summed E-state index contributed by atoms with van der Waals surface area (Å²) in [4.78, 5) is 8.65. The summed E-state index contributed by atoms with van der Waals surface area (Å²) < 4.78 is 7.01. The van der Waals surface area contributed by atoms with Crippen LogP contribution in [0, 0.1) is 0 Å². The summed E-state index contributed by atoms with van der Waals surface area (Å²) in [6.07, 6.45) is 0. The second kappa shape index (κ2) is 7.59. The maximum Gasteiger partial charge on any atom is 0.191 e. The standard InChI is InChI=1S/C15H16N4OS.HI/c1-16-15(17-2)18-9-10-7-8-12(20-10)14-19-11-5-3-4-6-13(11)21-14;/h3-8H,9H2,1-2H3,(H2,16,17,18);1H. The van der Waals surface area contributed by atoms with Crippen molar-refractivity contribution in [2.75, 3.05) is 14.1 Å². The molecule has 3 rings (SSSR count). The SMILES string of the molecule is CN=C(NC)NCc1ccc(-c2nc3ccccc3s2)o1.I. The number of nitrogens with zero attached hydrogens (tertiary/aromatic N) is 2. The lowest BCUT2D eigenvalue weighted by atomic mass is 10.3. The van der Waals surface area contributed by atoms with E-state index in [1.165, 1.54) is 4.70 Å². The molecule has 0 atom stereocenters. The zero-order valence-electron chi connectivity index (χ0n) is 12.3. The molecule has 116 valence electrons. The van der Waals surface area contributed by atoms with Crippen molar-refractivity contribution in [2.24, 2.45) is 4.99 Å². The normalized spacial score (nSPS) is 11.3. The lowest BCUT2D eigenvalue weighted by Crippen LogP contribution is -2.33. The van der Waals surface area contributed by atoms with Crippen molar-refractivity contribution in [3.8, 4) is 10.8 Å². The molecule has 0 bridgehead atoms. The molecule has 0 fully saturated rings. The Morgan fingerprint density at radius 1 is 1.27 bits per heavy atom. The van der Waals surface area contributed by atoms with Crippen molar-refractivity contribution < 1.29 is 4.42 Å². The molecule has 0 aliphatic rings. The summed E-state index contributed by atoms with van der Waals surface area (Å²) >= 11 is 1.64. The van der Waals surface area contributed by atoms with Crippen LogP contribution in [0.5, 0.6) is 0 Å². The smallest absolute Gasteiger partial charge is 0.191 e. The van der Waals surface area contributed by atoms with Gasteiger partial charge in [0.25, 0.3) is 0 Å². The van der Waals surface area contributed by atoms with E-state index in [0.29, 0.717) is 6.54 Å². The van der Waals surface area contributed by atoms with E-state index in [1.807, 2.05) is 37.4 Å². The molecule has 0 aliphatic carbocycles. The highest BCUT2D eigenvalue weighted by Gasteiger charge is 2.10. The van der Waals surface area contributed by atoms with Gasteiger partial charge in [0.2, 0.25) is 0 Å². The van der Waals surface area contributed by atoms with Crippen molar-refractivity contribution in [3.63, 3.8) is 0 Å². The summed E-state index contributed by atoms with van der Waals surface area (Å²) in [7, 11) is 3.55. The minimum Gasteiger partial charge on any atom is -0.457 e. The average molecular weight is 428 g/mol. The second-order valence-electron chi connectivity index (χ2n) is 4.43. The fourth-order valence-electron chi connectivity index (χ4n) is 2.02. The van der Waals surface area contributed by atoms with Gasteiger partial charge in [-0.2, -0.15) is 0 Å². The van der Waals surface area contributed by atoms with Crippen LogP contribution in [0.1, 0.15) is 5.76 Å². The Balaban J connectivity index is 0.00000176. The predicted octanol–water partition coefficient (Wildman–Crippen LogP) is 3.47. The van der Waals surface area contributed by atoms with E-state index in [1.54, 1.807) is 18.4 Å². The van der Waals surface area contributed by atoms with Gasteiger partial charge < -0.3 is 15.1 Å². The number of fused-ring (bicyclic) bond motifs is 1. The number of guanidine groups is 1. The third-order valence-electron chi connectivity index (χ3n) is 3.06. The molecule has 2 heterocycles. The van der Waals surface area contributed by atoms with E-state index >= 15 is 0 Å². The van der Waals surface area contributed by atoms with Gasteiger partial charge >= 0.3 is 0 Å². The Morgan fingerprint density at radius 3 is 2.82 bits per heavy atom. The van der Waals surface area contributed by atoms with Crippen LogP contribution < -0.4 is 10.6 Å². The molecule has 2 aromatic heterocycles. The number of hydrogen-bond donors (Lipinski definition) is 2. The quantitative estimate of drug-likeness (QED) is 0.381. The van der Waals surface area contributed by atoms with Crippen LogP contribution in [-0.2, 0) is 6.54 Å². The van der Waals surface area contributed by atoms with Gasteiger partial charge in [-0.3, -0.25) is 4.99 Å². The van der Waals surface area contributed by atoms with Crippen LogP contribution in [0.3, 0.4) is 0 Å². The number of thiazole rings is 1. The minimum atomic E-state index is 0. The van der Waals surface area contributed by atoms with Crippen LogP contribution in [0.4, 0.5) is 0 Å². The molecule has 22 heavy (non-hydrogen) atoms. The Morgan fingerprint density at radius 2 is 2.09 bits per heavy atom. The molecule has 0 saturated carbocycles. The predicted molar refractivity (Wildman–Crippen MR) is 102 cm³/mol. The Bertz CT molecular complexity index is 748. The summed E-state index contributed by atoms with van der Waals surface area (Å²) in [6.45, 7) is 0.582. The lowest BCUT2D eigenvalue weighted by molar-refractivity contribution is 0.514. The van der Waals surface area contributed by atoms with Crippen LogP contribution in [-0.4, -0.2) is 25.0 Å². The number of furan rings is 1. The van der Waals surface area contributed by atoms with Crippen LogP contribution >= 0.6 is 35.3 Å². The average Bonchev–Trinajstić information content (AvgIpc) is 3.14. The fraction of sp³-hybridized carbons (Fsp3) is 0.200. The molecular weight excluding hydrogens is 411 g/mol. The van der Waals surface area contributed by atoms with Gasteiger partial charge in [0, 0.05) is 14.1 Å². The van der Waals surface area contributed by atoms with Gasteiger partial charge in [-0.1, -0.05) is 12.1 Å². The number of rotatable bonds is 3. The highest BCUT2D eigenvalue weighted by Crippen LogP contribution is 2.30. The Labute approximate surface area is 149 Å². The van der Waals surface area contributed by atoms with Gasteiger partial charge in [-0.15, -0.1) is 35.3 Å². The van der Waals surface area contributed by atoms with Crippen molar-refractivity contribution in [3.05, 3.63) is 42.2 Å². The first-order valence-electron chi connectivity index (χ1n) is 6.63. The first kappa shape index (κ1) is 16.8. The zero-order chi connectivity index (χ0) is 14.7. The zero-order valence-corrected chi connectivity index (χ0v) is 15.4. The molecule has 0 aliphatic heterocycles. The molecule has 0 spiro atoms. The van der Waals surface area contributed by atoms with E-state index in [-0.39, 0.29) is 24.0 Å². The van der Waals surface area contributed by atoms with Gasteiger partial charge in [0.05, 0.1) is 16.8 Å². The lowest BCUT2D eigenvalue weighted by Gasteiger charge is -2.05. The monoisotopic (exact) mass is 428 g/mol. The third-order valence-corrected chi connectivity index (χ3v) is 4.11. The molecule has 5 nitrogen and oxygen atoms in total. The summed E-state index contributed by atoms with van der Waals surface area (Å²) in [5.41, 5.74) is 1.00. The maximum atomic E-state index is 5.84. The summed E-state index contributed by atoms with van der Waals surface area (Å²) in [6, 6.07) is 12.0. The molecule has 3 aromatic rings. The molecule has 0 unspecified atom stereocenters. The number of halogens is 1. The number of aliphatic imine (C=N–C) groups is 1. The summed E-state index contributed by atoms with van der Waals surface area (Å²) in [5, 5.41) is 7.02. The van der Waals surface area contributed by atoms with Gasteiger partial charge in [-0.05, 0) is 24.3 Å². The second-order valence-corrected chi connectivity index (χ2v) is 5.46. The molecule has 0 saturated heterocycles. The largest absolute Gasteiger partial charge is 0.457 e. The van der Waals surface area contributed by atoms with Crippen LogP contribution in [0.15, 0.2) is 45.8 Å². The molecule has 1 aromatic carbocycles. The van der Waals surface area contributed by atoms with Gasteiger partial charge in [0.15, 0.2) is 16.7 Å². The van der Waals surface area contributed by atoms with Gasteiger partial charge in [0.1, 0.15) is 5.76 Å². The molecule has 2 N–H and O–H groups in total. The van der Waals surface area contributed by atoms with E-state index in [4.69, 9.17) is 4.42 Å². The first-order valence-corrected chi connectivity index (χ1v) is 7.45. The van der Waals surface area contributed by atoms with E-state index < -0.39 is 0 Å². The Hall–Kier alpha value is -1.61. The fourth-order valence-corrected chi connectivity index (χ4v) is 2.94. The molecule has 0 radical (unpaired) electrons. The van der Waals surface area contributed by atoms with Crippen LogP contribution in [0.2, 0.25) is 0 Å². The third kappa shape index (κ3) is 3.58. The van der Waals surface area contributed by atoms with Crippen LogP contribution in [0.25, 0.3) is 21.0 Å². The number of benzene rings is 1. The highest BCUT2D eigenvalue weighted by molar-refractivity contribution is 14.0.